The van der Waals surface area contributed by atoms with Crippen molar-refractivity contribution < 1.29 is 4.74 Å². The highest BCUT2D eigenvalue weighted by molar-refractivity contribution is 6.32. The van der Waals surface area contributed by atoms with Gasteiger partial charge in [0.05, 0.1) is 11.6 Å². The van der Waals surface area contributed by atoms with Crippen molar-refractivity contribution >= 4 is 11.6 Å². The van der Waals surface area contributed by atoms with Gasteiger partial charge >= 0.3 is 0 Å². The van der Waals surface area contributed by atoms with E-state index in [2.05, 4.69) is 23.5 Å². The summed E-state index contributed by atoms with van der Waals surface area (Å²) in [5, 5.41) is 4.02. The van der Waals surface area contributed by atoms with Crippen molar-refractivity contribution in [3.05, 3.63) is 53.1 Å². The largest absolute Gasteiger partial charge is 0.492 e. The second kappa shape index (κ2) is 5.24. The van der Waals surface area contributed by atoms with Crippen LogP contribution < -0.4 is 10.1 Å². The quantitative estimate of drug-likeness (QED) is 0.891. The van der Waals surface area contributed by atoms with E-state index in [0.717, 1.165) is 23.3 Å². The van der Waals surface area contributed by atoms with E-state index in [1.165, 1.54) is 5.56 Å². The average molecular weight is 274 g/mol. The molecule has 1 aliphatic heterocycles. The number of ether oxygens (including phenoxy) is 1. The maximum atomic E-state index is 6.37. The molecular weight excluding hydrogens is 258 g/mol. The molecule has 2 nitrogen and oxygen atoms in total. The summed E-state index contributed by atoms with van der Waals surface area (Å²) in [6.45, 7) is 0.711. The normalized spacial score (nSPS) is 17.7. The van der Waals surface area contributed by atoms with Gasteiger partial charge in [0.1, 0.15) is 5.75 Å². The van der Waals surface area contributed by atoms with Crippen molar-refractivity contribution in [2.24, 2.45) is 0 Å². The van der Waals surface area contributed by atoms with Crippen LogP contribution in [-0.4, -0.2) is 13.7 Å². The van der Waals surface area contributed by atoms with E-state index in [-0.39, 0.29) is 0 Å². The molecule has 1 atom stereocenters. The Morgan fingerprint density at radius 2 is 1.95 bits per heavy atom. The SMILES string of the molecule is CNC1CCOc2c(Cl)cc(-c3ccccc3)cc21. The molecule has 0 spiro atoms. The van der Waals surface area contributed by atoms with Gasteiger partial charge in [-0.15, -0.1) is 0 Å². The van der Waals surface area contributed by atoms with Crippen LogP contribution in [0.1, 0.15) is 18.0 Å². The van der Waals surface area contributed by atoms with Gasteiger partial charge in [0.2, 0.25) is 0 Å². The molecule has 1 aliphatic rings. The zero-order valence-electron chi connectivity index (χ0n) is 10.8. The predicted octanol–water partition coefficient (Wildman–Crippen LogP) is 4.05. The van der Waals surface area contributed by atoms with Crippen LogP contribution in [0.2, 0.25) is 5.02 Å². The molecular formula is C16H16ClNO. The van der Waals surface area contributed by atoms with Crippen molar-refractivity contribution in [3.63, 3.8) is 0 Å². The maximum absolute atomic E-state index is 6.37. The van der Waals surface area contributed by atoms with E-state index in [0.29, 0.717) is 17.7 Å². The van der Waals surface area contributed by atoms with Crippen LogP contribution in [0.5, 0.6) is 5.75 Å². The Bertz CT molecular complexity index is 583. The summed E-state index contributed by atoms with van der Waals surface area (Å²) in [6, 6.07) is 14.7. The third-order valence-corrected chi connectivity index (χ3v) is 3.84. The fraction of sp³-hybridized carbons (Fsp3) is 0.250. The Balaban J connectivity index is 2.12. The number of hydrogen-bond donors (Lipinski definition) is 1. The monoisotopic (exact) mass is 273 g/mol. The third kappa shape index (κ3) is 2.34. The zero-order valence-corrected chi connectivity index (χ0v) is 11.6. The Morgan fingerprint density at radius 3 is 2.68 bits per heavy atom. The molecule has 1 unspecified atom stereocenters. The third-order valence-electron chi connectivity index (χ3n) is 3.56. The van der Waals surface area contributed by atoms with Gasteiger partial charge in [0.15, 0.2) is 0 Å². The number of hydrogen-bond acceptors (Lipinski definition) is 2. The lowest BCUT2D eigenvalue weighted by atomic mass is 9.95. The molecule has 2 aromatic carbocycles. The molecule has 0 saturated heterocycles. The number of benzene rings is 2. The Labute approximate surface area is 118 Å². The lowest BCUT2D eigenvalue weighted by Crippen LogP contribution is -2.24. The summed E-state index contributed by atoms with van der Waals surface area (Å²) in [4.78, 5) is 0. The van der Waals surface area contributed by atoms with Crippen molar-refractivity contribution in [1.82, 2.24) is 5.32 Å². The molecule has 0 saturated carbocycles. The first-order chi connectivity index (χ1) is 9.29. The summed E-state index contributed by atoms with van der Waals surface area (Å²) in [5.74, 6) is 0.826. The Kier molecular flexibility index (Phi) is 3.45. The van der Waals surface area contributed by atoms with Gasteiger partial charge in [-0.05, 0) is 30.3 Å². The molecule has 0 radical (unpaired) electrons. The lowest BCUT2D eigenvalue weighted by Gasteiger charge is -2.27. The molecule has 3 rings (SSSR count). The minimum atomic E-state index is 0.310. The Morgan fingerprint density at radius 1 is 1.16 bits per heavy atom. The fourth-order valence-corrected chi connectivity index (χ4v) is 2.84. The molecule has 0 fully saturated rings. The zero-order chi connectivity index (χ0) is 13.2. The second-order valence-corrected chi connectivity index (χ2v) is 5.13. The predicted molar refractivity (Wildman–Crippen MR) is 78.8 cm³/mol. The maximum Gasteiger partial charge on any atom is 0.142 e. The van der Waals surface area contributed by atoms with E-state index in [4.69, 9.17) is 16.3 Å². The van der Waals surface area contributed by atoms with Gasteiger partial charge in [0, 0.05) is 18.0 Å². The molecule has 0 aromatic heterocycles. The van der Waals surface area contributed by atoms with Gasteiger partial charge in [-0.2, -0.15) is 0 Å². The minimum absolute atomic E-state index is 0.310. The van der Waals surface area contributed by atoms with E-state index in [1.807, 2.05) is 31.3 Å². The van der Waals surface area contributed by atoms with E-state index >= 15 is 0 Å². The summed E-state index contributed by atoms with van der Waals surface area (Å²) in [6.07, 6.45) is 0.970. The molecule has 0 bridgehead atoms. The van der Waals surface area contributed by atoms with Crippen molar-refractivity contribution in [1.29, 1.82) is 0 Å². The van der Waals surface area contributed by atoms with Crippen molar-refractivity contribution in [3.8, 4) is 16.9 Å². The highest BCUT2D eigenvalue weighted by atomic mass is 35.5. The highest BCUT2D eigenvalue weighted by Gasteiger charge is 2.23. The Hall–Kier alpha value is -1.51. The molecule has 3 heteroatoms. The van der Waals surface area contributed by atoms with Gasteiger partial charge in [-0.1, -0.05) is 41.9 Å². The van der Waals surface area contributed by atoms with Crippen LogP contribution in [0.3, 0.4) is 0 Å². The fourth-order valence-electron chi connectivity index (χ4n) is 2.56. The molecule has 19 heavy (non-hydrogen) atoms. The second-order valence-electron chi connectivity index (χ2n) is 4.72. The molecule has 0 aliphatic carbocycles. The number of rotatable bonds is 2. The van der Waals surface area contributed by atoms with Crippen molar-refractivity contribution in [2.45, 2.75) is 12.5 Å². The van der Waals surface area contributed by atoms with E-state index in [9.17, 15) is 0 Å². The van der Waals surface area contributed by atoms with Crippen molar-refractivity contribution in [2.75, 3.05) is 13.7 Å². The van der Waals surface area contributed by atoms with Crippen LogP contribution in [-0.2, 0) is 0 Å². The highest BCUT2D eigenvalue weighted by Crippen LogP contribution is 2.40. The lowest BCUT2D eigenvalue weighted by molar-refractivity contribution is 0.257. The van der Waals surface area contributed by atoms with Gasteiger partial charge in [0.25, 0.3) is 0 Å². The van der Waals surface area contributed by atoms with Gasteiger partial charge in [-0.25, -0.2) is 0 Å². The number of halogens is 1. The summed E-state index contributed by atoms with van der Waals surface area (Å²) in [5.41, 5.74) is 3.46. The molecule has 1 heterocycles. The van der Waals surface area contributed by atoms with Crippen LogP contribution in [0.25, 0.3) is 11.1 Å². The van der Waals surface area contributed by atoms with Crippen LogP contribution in [0.15, 0.2) is 42.5 Å². The minimum Gasteiger partial charge on any atom is -0.492 e. The molecule has 1 N–H and O–H groups in total. The number of nitrogens with one attached hydrogen (secondary N) is 1. The van der Waals surface area contributed by atoms with E-state index < -0.39 is 0 Å². The smallest absolute Gasteiger partial charge is 0.142 e. The topological polar surface area (TPSA) is 21.3 Å². The molecule has 0 amide bonds. The van der Waals surface area contributed by atoms with Gasteiger partial charge < -0.3 is 10.1 Å². The number of fused-ring (bicyclic) bond motifs is 1. The van der Waals surface area contributed by atoms with Crippen LogP contribution in [0, 0.1) is 0 Å². The average Bonchev–Trinajstić information content (AvgIpc) is 2.47. The first-order valence-corrected chi connectivity index (χ1v) is 6.86. The summed E-state index contributed by atoms with van der Waals surface area (Å²) >= 11 is 6.37. The molecule has 2 aromatic rings. The van der Waals surface area contributed by atoms with Gasteiger partial charge in [-0.3, -0.25) is 0 Å². The van der Waals surface area contributed by atoms with E-state index in [1.54, 1.807) is 0 Å². The first-order valence-electron chi connectivity index (χ1n) is 6.48. The van der Waals surface area contributed by atoms with Crippen LogP contribution in [0.4, 0.5) is 0 Å². The molecule has 98 valence electrons. The summed E-state index contributed by atoms with van der Waals surface area (Å²) < 4.78 is 5.71. The first kappa shape index (κ1) is 12.5. The van der Waals surface area contributed by atoms with Crippen LogP contribution >= 0.6 is 11.6 Å². The standard InChI is InChI=1S/C16H16ClNO/c1-18-15-7-8-19-16-13(15)9-12(10-14(16)17)11-5-3-2-4-6-11/h2-6,9-10,15,18H,7-8H2,1H3. The summed E-state index contributed by atoms with van der Waals surface area (Å²) in [7, 11) is 1.98.